The average molecular weight is 283 g/mol. The zero-order valence-electron chi connectivity index (χ0n) is 12.2. The van der Waals surface area contributed by atoms with Crippen LogP contribution in [0, 0.1) is 0 Å². The van der Waals surface area contributed by atoms with Gasteiger partial charge in [-0.25, -0.2) is 9.78 Å². The van der Waals surface area contributed by atoms with Gasteiger partial charge in [-0.15, -0.1) is 0 Å². The summed E-state index contributed by atoms with van der Waals surface area (Å²) in [5.74, 6) is -1.01. The van der Waals surface area contributed by atoms with E-state index in [4.69, 9.17) is 9.84 Å². The number of hydrogen-bond donors (Lipinski definition) is 2. The van der Waals surface area contributed by atoms with E-state index in [9.17, 15) is 9.59 Å². The fraction of sp³-hybridized carbons (Fsp3) is 0.615. The number of carboxylic acids is 1. The van der Waals surface area contributed by atoms with Gasteiger partial charge in [0.05, 0.1) is 0 Å². The van der Waals surface area contributed by atoms with Gasteiger partial charge in [0.25, 0.3) is 5.56 Å². The first-order valence-electron chi connectivity index (χ1n) is 6.33. The predicted molar refractivity (Wildman–Crippen MR) is 75.0 cm³/mol. The molecule has 1 heterocycles. The molecule has 0 aromatic carbocycles. The normalized spacial score (nSPS) is 13.0. The number of aliphatic carboxylic acids is 1. The summed E-state index contributed by atoms with van der Waals surface area (Å²) in [6.07, 6.45) is 3.31. The van der Waals surface area contributed by atoms with Crippen molar-refractivity contribution < 1.29 is 14.6 Å². The van der Waals surface area contributed by atoms with Gasteiger partial charge in [-0.2, -0.15) is 0 Å². The molecule has 1 aromatic rings. The molecule has 0 saturated carbocycles. The molecule has 0 aliphatic rings. The van der Waals surface area contributed by atoms with Crippen molar-refractivity contribution in [3.63, 3.8) is 0 Å². The Labute approximate surface area is 117 Å². The van der Waals surface area contributed by atoms with Crippen LogP contribution in [0.3, 0.4) is 0 Å². The van der Waals surface area contributed by atoms with Gasteiger partial charge in [0.15, 0.2) is 5.82 Å². The minimum absolute atomic E-state index is 0.0333. The number of nitrogens with zero attached hydrogens (tertiary/aromatic N) is 2. The van der Waals surface area contributed by atoms with E-state index in [1.54, 1.807) is 6.20 Å². The number of carboxylic acid groups (broad SMARTS) is 1. The molecule has 7 nitrogen and oxygen atoms in total. The summed E-state index contributed by atoms with van der Waals surface area (Å²) in [5, 5.41) is 11.8. The molecule has 20 heavy (non-hydrogen) atoms. The van der Waals surface area contributed by atoms with E-state index in [1.165, 1.54) is 17.9 Å². The highest BCUT2D eigenvalue weighted by Crippen LogP contribution is 2.11. The van der Waals surface area contributed by atoms with Gasteiger partial charge in [0.2, 0.25) is 0 Å². The van der Waals surface area contributed by atoms with E-state index in [0.717, 1.165) is 0 Å². The fourth-order valence-corrected chi connectivity index (χ4v) is 1.70. The highest BCUT2D eigenvalue weighted by Gasteiger charge is 2.21. The Morgan fingerprint density at radius 2 is 2.20 bits per heavy atom. The molecule has 1 rings (SSSR count). The van der Waals surface area contributed by atoms with Crippen molar-refractivity contribution in [3.8, 4) is 0 Å². The monoisotopic (exact) mass is 283 g/mol. The number of nitrogens with one attached hydrogen (secondary N) is 1. The van der Waals surface area contributed by atoms with Gasteiger partial charge in [-0.3, -0.25) is 4.79 Å². The zero-order valence-corrected chi connectivity index (χ0v) is 12.2. The van der Waals surface area contributed by atoms with Crippen LogP contribution >= 0.6 is 0 Å². The van der Waals surface area contributed by atoms with Gasteiger partial charge < -0.3 is 19.7 Å². The van der Waals surface area contributed by atoms with Crippen molar-refractivity contribution in [2.75, 3.05) is 19.0 Å². The number of hydrogen-bond acceptors (Lipinski definition) is 5. The third kappa shape index (κ3) is 4.06. The van der Waals surface area contributed by atoms with Crippen LogP contribution in [0.1, 0.15) is 27.2 Å². The number of aromatic nitrogens is 2. The molecule has 0 aliphatic heterocycles. The maximum absolute atomic E-state index is 12.3. The fourth-order valence-electron chi connectivity index (χ4n) is 1.70. The van der Waals surface area contributed by atoms with Gasteiger partial charge in [0, 0.05) is 38.1 Å². The van der Waals surface area contributed by atoms with Gasteiger partial charge in [-0.1, -0.05) is 0 Å². The molecule has 7 heteroatoms. The molecule has 0 fully saturated rings. The summed E-state index contributed by atoms with van der Waals surface area (Å²) >= 11 is 0. The molecule has 1 unspecified atom stereocenters. The maximum atomic E-state index is 12.3. The number of carbonyl (C=O) groups is 1. The molecule has 1 aromatic heterocycles. The van der Waals surface area contributed by atoms with Gasteiger partial charge in [0.1, 0.15) is 6.04 Å². The third-order valence-corrected chi connectivity index (χ3v) is 2.78. The standard InChI is InChI=1S/C13H21N3O4/c1-13(2,3)16-7-6-14-10(11(16)17)15-9(12(18)19)5-8-20-4/h6-7,9H,5,8H2,1-4H3,(H,14,15)(H,18,19). The summed E-state index contributed by atoms with van der Waals surface area (Å²) in [5.41, 5.74) is -0.745. The summed E-state index contributed by atoms with van der Waals surface area (Å²) < 4.78 is 6.37. The smallest absolute Gasteiger partial charge is 0.326 e. The van der Waals surface area contributed by atoms with Crippen molar-refractivity contribution in [2.24, 2.45) is 0 Å². The molecule has 0 spiro atoms. The van der Waals surface area contributed by atoms with Crippen molar-refractivity contribution in [1.82, 2.24) is 9.55 Å². The van der Waals surface area contributed by atoms with E-state index in [2.05, 4.69) is 10.3 Å². The molecule has 0 bridgehead atoms. The number of ether oxygens (including phenoxy) is 1. The molecule has 0 radical (unpaired) electrons. The summed E-state index contributed by atoms with van der Waals surface area (Å²) in [6.45, 7) is 5.94. The predicted octanol–water partition coefficient (Wildman–Crippen LogP) is 0.900. The Hall–Kier alpha value is -1.89. The average Bonchev–Trinajstić information content (AvgIpc) is 2.34. The summed E-state index contributed by atoms with van der Waals surface area (Å²) in [6, 6.07) is -0.911. The Morgan fingerprint density at radius 3 is 2.70 bits per heavy atom. The SMILES string of the molecule is COCCC(Nc1nccn(C(C)(C)C)c1=O)C(=O)O. The van der Waals surface area contributed by atoms with Crippen LogP contribution in [-0.4, -0.2) is 40.4 Å². The lowest BCUT2D eigenvalue weighted by Gasteiger charge is -2.23. The van der Waals surface area contributed by atoms with Crippen LogP contribution < -0.4 is 10.9 Å². The minimum atomic E-state index is -1.05. The van der Waals surface area contributed by atoms with E-state index in [0.29, 0.717) is 0 Å². The number of methoxy groups -OCH3 is 1. The molecule has 1 atom stereocenters. The van der Waals surface area contributed by atoms with Crippen LogP contribution in [-0.2, 0) is 15.1 Å². The Morgan fingerprint density at radius 1 is 1.55 bits per heavy atom. The zero-order chi connectivity index (χ0) is 15.3. The minimum Gasteiger partial charge on any atom is -0.480 e. The molecule has 112 valence electrons. The van der Waals surface area contributed by atoms with Crippen LogP contribution in [0.2, 0.25) is 0 Å². The van der Waals surface area contributed by atoms with Crippen LogP contribution in [0.5, 0.6) is 0 Å². The quantitative estimate of drug-likeness (QED) is 0.805. The van der Waals surface area contributed by atoms with Gasteiger partial charge >= 0.3 is 5.97 Å². The molecule has 0 aliphatic carbocycles. The van der Waals surface area contributed by atoms with Crippen molar-refractivity contribution >= 4 is 11.8 Å². The lowest BCUT2D eigenvalue weighted by molar-refractivity contribution is -0.138. The van der Waals surface area contributed by atoms with E-state index < -0.39 is 17.6 Å². The highest BCUT2D eigenvalue weighted by atomic mass is 16.5. The Kier molecular flexibility index (Phi) is 5.26. The molecule has 0 amide bonds. The van der Waals surface area contributed by atoms with Crippen molar-refractivity contribution in [2.45, 2.75) is 38.8 Å². The second kappa shape index (κ2) is 6.51. The van der Waals surface area contributed by atoms with Crippen LogP contribution in [0.25, 0.3) is 0 Å². The first-order chi connectivity index (χ1) is 9.27. The van der Waals surface area contributed by atoms with Crippen molar-refractivity contribution in [3.05, 3.63) is 22.7 Å². The van der Waals surface area contributed by atoms with Crippen LogP contribution in [0.4, 0.5) is 5.82 Å². The van der Waals surface area contributed by atoms with E-state index in [1.807, 2.05) is 20.8 Å². The third-order valence-electron chi connectivity index (χ3n) is 2.78. The molecular weight excluding hydrogens is 262 g/mol. The Bertz CT molecular complexity index is 519. The lowest BCUT2D eigenvalue weighted by Crippen LogP contribution is -2.38. The summed E-state index contributed by atoms with van der Waals surface area (Å²) in [4.78, 5) is 27.3. The molecule has 0 saturated heterocycles. The molecular formula is C13H21N3O4. The number of rotatable bonds is 6. The topological polar surface area (TPSA) is 93.5 Å². The van der Waals surface area contributed by atoms with E-state index in [-0.39, 0.29) is 24.4 Å². The highest BCUT2D eigenvalue weighted by molar-refractivity contribution is 5.76. The first-order valence-corrected chi connectivity index (χ1v) is 6.33. The van der Waals surface area contributed by atoms with Gasteiger partial charge in [-0.05, 0) is 20.8 Å². The second-order valence-corrected chi connectivity index (χ2v) is 5.44. The van der Waals surface area contributed by atoms with Crippen molar-refractivity contribution in [1.29, 1.82) is 0 Å². The Balaban J connectivity index is 3.02. The van der Waals surface area contributed by atoms with E-state index >= 15 is 0 Å². The van der Waals surface area contributed by atoms with Crippen LogP contribution in [0.15, 0.2) is 17.2 Å². The first kappa shape index (κ1) is 16.2. The lowest BCUT2D eigenvalue weighted by atomic mass is 10.1. The second-order valence-electron chi connectivity index (χ2n) is 5.44. The maximum Gasteiger partial charge on any atom is 0.326 e. The largest absolute Gasteiger partial charge is 0.480 e. The molecule has 2 N–H and O–H groups in total. The number of anilines is 1. The summed E-state index contributed by atoms with van der Waals surface area (Å²) in [7, 11) is 1.49.